The monoisotopic (exact) mass is 239 g/mol. The third kappa shape index (κ3) is 3.03. The van der Waals surface area contributed by atoms with Crippen molar-refractivity contribution in [1.29, 1.82) is 0 Å². The molecule has 0 bridgehead atoms. The van der Waals surface area contributed by atoms with Crippen molar-refractivity contribution in [2.45, 2.75) is 45.2 Å². The summed E-state index contributed by atoms with van der Waals surface area (Å²) in [6.07, 6.45) is 3.47. The maximum absolute atomic E-state index is 13.6. The van der Waals surface area contributed by atoms with Crippen LogP contribution in [0.5, 0.6) is 0 Å². The second-order valence-electron chi connectivity index (χ2n) is 5.17. The summed E-state index contributed by atoms with van der Waals surface area (Å²) in [4.78, 5) is 0. The molecule has 94 valence electrons. The van der Waals surface area contributed by atoms with Crippen LogP contribution in [0.4, 0.5) is 8.78 Å². The molecule has 1 aromatic rings. The van der Waals surface area contributed by atoms with Gasteiger partial charge in [0.05, 0.1) is 0 Å². The van der Waals surface area contributed by atoms with Gasteiger partial charge in [-0.2, -0.15) is 0 Å². The molecule has 0 saturated heterocycles. The Bertz CT molecular complexity index is 392. The van der Waals surface area contributed by atoms with Gasteiger partial charge in [-0.15, -0.1) is 0 Å². The van der Waals surface area contributed by atoms with Crippen LogP contribution in [0.15, 0.2) is 18.2 Å². The van der Waals surface area contributed by atoms with Gasteiger partial charge in [-0.25, -0.2) is 8.78 Å². The summed E-state index contributed by atoms with van der Waals surface area (Å²) in [5, 5.41) is 3.39. The van der Waals surface area contributed by atoms with Gasteiger partial charge in [0.25, 0.3) is 0 Å². The van der Waals surface area contributed by atoms with Crippen LogP contribution in [-0.2, 0) is 0 Å². The predicted molar refractivity (Wildman–Crippen MR) is 64.7 cm³/mol. The number of halogens is 2. The SMILES string of the molecule is CC1CCC(NC(C)c2cc(F)ccc2F)C1. The van der Waals surface area contributed by atoms with Crippen LogP contribution in [0.2, 0.25) is 0 Å². The van der Waals surface area contributed by atoms with Crippen molar-refractivity contribution in [3.63, 3.8) is 0 Å². The lowest BCUT2D eigenvalue weighted by Gasteiger charge is -2.20. The molecule has 0 radical (unpaired) electrons. The van der Waals surface area contributed by atoms with E-state index in [0.717, 1.165) is 24.8 Å². The Morgan fingerprint density at radius 2 is 2.06 bits per heavy atom. The van der Waals surface area contributed by atoms with E-state index >= 15 is 0 Å². The van der Waals surface area contributed by atoms with Crippen LogP contribution in [0.25, 0.3) is 0 Å². The van der Waals surface area contributed by atoms with Gasteiger partial charge in [-0.3, -0.25) is 0 Å². The summed E-state index contributed by atoms with van der Waals surface area (Å²) >= 11 is 0. The number of nitrogens with one attached hydrogen (secondary N) is 1. The lowest BCUT2D eigenvalue weighted by molar-refractivity contribution is 0.435. The molecule has 17 heavy (non-hydrogen) atoms. The van der Waals surface area contributed by atoms with Crippen molar-refractivity contribution in [3.05, 3.63) is 35.4 Å². The molecular formula is C14H19F2N. The predicted octanol–water partition coefficient (Wildman–Crippen LogP) is 3.80. The zero-order valence-corrected chi connectivity index (χ0v) is 10.3. The average Bonchev–Trinajstić information content (AvgIpc) is 2.67. The number of hydrogen-bond donors (Lipinski definition) is 1. The Morgan fingerprint density at radius 3 is 2.71 bits per heavy atom. The van der Waals surface area contributed by atoms with Gasteiger partial charge in [-0.05, 0) is 50.3 Å². The minimum atomic E-state index is -0.380. The van der Waals surface area contributed by atoms with E-state index in [1.165, 1.54) is 18.6 Å². The van der Waals surface area contributed by atoms with E-state index in [4.69, 9.17) is 0 Å². The van der Waals surface area contributed by atoms with Crippen LogP contribution in [0.1, 0.15) is 44.7 Å². The second-order valence-corrected chi connectivity index (χ2v) is 5.17. The lowest BCUT2D eigenvalue weighted by Crippen LogP contribution is -2.29. The number of hydrogen-bond acceptors (Lipinski definition) is 1. The summed E-state index contributed by atoms with van der Waals surface area (Å²) in [6.45, 7) is 4.12. The van der Waals surface area contributed by atoms with Gasteiger partial charge in [0.2, 0.25) is 0 Å². The second kappa shape index (κ2) is 5.13. The first kappa shape index (κ1) is 12.5. The Morgan fingerprint density at radius 1 is 1.29 bits per heavy atom. The van der Waals surface area contributed by atoms with Gasteiger partial charge >= 0.3 is 0 Å². The quantitative estimate of drug-likeness (QED) is 0.846. The van der Waals surface area contributed by atoms with Crippen molar-refractivity contribution in [3.8, 4) is 0 Å². The molecule has 0 heterocycles. The fraction of sp³-hybridized carbons (Fsp3) is 0.571. The zero-order valence-electron chi connectivity index (χ0n) is 10.3. The molecule has 1 saturated carbocycles. The van der Waals surface area contributed by atoms with Gasteiger partial charge in [-0.1, -0.05) is 6.92 Å². The minimum absolute atomic E-state index is 0.138. The molecular weight excluding hydrogens is 220 g/mol. The molecule has 1 nitrogen and oxygen atoms in total. The Kier molecular flexibility index (Phi) is 3.77. The van der Waals surface area contributed by atoms with Gasteiger partial charge < -0.3 is 5.32 Å². The molecule has 3 unspecified atom stereocenters. The number of benzene rings is 1. The first-order valence-corrected chi connectivity index (χ1v) is 6.27. The Hall–Kier alpha value is -0.960. The molecule has 0 aliphatic heterocycles. The maximum atomic E-state index is 13.6. The van der Waals surface area contributed by atoms with Crippen LogP contribution < -0.4 is 5.32 Å². The summed E-state index contributed by atoms with van der Waals surface area (Å²) in [7, 11) is 0. The Balaban J connectivity index is 2.04. The van der Waals surface area contributed by atoms with Crippen LogP contribution in [-0.4, -0.2) is 6.04 Å². The molecule has 1 aliphatic rings. The first-order chi connectivity index (χ1) is 8.06. The van der Waals surface area contributed by atoms with Crippen LogP contribution in [0.3, 0.4) is 0 Å². The van der Waals surface area contributed by atoms with Crippen molar-refractivity contribution >= 4 is 0 Å². The molecule has 1 fully saturated rings. The maximum Gasteiger partial charge on any atom is 0.128 e. The fourth-order valence-electron chi connectivity index (χ4n) is 2.65. The van der Waals surface area contributed by atoms with E-state index in [9.17, 15) is 8.78 Å². The first-order valence-electron chi connectivity index (χ1n) is 6.27. The molecule has 1 aromatic carbocycles. The molecule has 2 rings (SSSR count). The minimum Gasteiger partial charge on any atom is -0.307 e. The van der Waals surface area contributed by atoms with E-state index in [0.29, 0.717) is 11.6 Å². The summed E-state index contributed by atoms with van der Waals surface area (Å²) in [5.74, 6) is 0.0179. The third-order valence-electron chi connectivity index (χ3n) is 3.61. The molecule has 1 N–H and O–H groups in total. The van der Waals surface area contributed by atoms with Gasteiger partial charge in [0, 0.05) is 17.6 Å². The van der Waals surface area contributed by atoms with Crippen molar-refractivity contribution in [2.75, 3.05) is 0 Å². The highest BCUT2D eigenvalue weighted by atomic mass is 19.1. The van der Waals surface area contributed by atoms with E-state index in [-0.39, 0.29) is 17.7 Å². The summed E-state index contributed by atoms with van der Waals surface area (Å²) in [5.41, 5.74) is 0.421. The van der Waals surface area contributed by atoms with Crippen molar-refractivity contribution in [1.82, 2.24) is 5.32 Å². The summed E-state index contributed by atoms with van der Waals surface area (Å²) < 4.78 is 26.7. The van der Waals surface area contributed by atoms with E-state index in [2.05, 4.69) is 12.2 Å². The van der Waals surface area contributed by atoms with Crippen molar-refractivity contribution < 1.29 is 8.78 Å². The van der Waals surface area contributed by atoms with Crippen molar-refractivity contribution in [2.24, 2.45) is 5.92 Å². The van der Waals surface area contributed by atoms with Gasteiger partial charge in [0.1, 0.15) is 11.6 Å². The smallest absolute Gasteiger partial charge is 0.128 e. The molecule has 3 heteroatoms. The van der Waals surface area contributed by atoms with E-state index < -0.39 is 0 Å². The highest BCUT2D eigenvalue weighted by Gasteiger charge is 2.23. The van der Waals surface area contributed by atoms with Crippen LogP contribution >= 0.6 is 0 Å². The van der Waals surface area contributed by atoms with E-state index in [1.54, 1.807) is 0 Å². The lowest BCUT2D eigenvalue weighted by atomic mass is 10.1. The average molecular weight is 239 g/mol. The van der Waals surface area contributed by atoms with Gasteiger partial charge in [0.15, 0.2) is 0 Å². The number of rotatable bonds is 3. The molecule has 1 aliphatic carbocycles. The summed E-state index contributed by atoms with van der Waals surface area (Å²) in [6, 6.07) is 3.93. The molecule has 0 spiro atoms. The topological polar surface area (TPSA) is 12.0 Å². The fourth-order valence-corrected chi connectivity index (χ4v) is 2.65. The van der Waals surface area contributed by atoms with E-state index in [1.807, 2.05) is 6.92 Å². The third-order valence-corrected chi connectivity index (χ3v) is 3.61. The zero-order chi connectivity index (χ0) is 12.4. The molecule has 0 amide bonds. The highest BCUT2D eigenvalue weighted by Crippen LogP contribution is 2.27. The van der Waals surface area contributed by atoms with Crippen LogP contribution in [0, 0.1) is 17.6 Å². The molecule has 3 atom stereocenters. The highest BCUT2D eigenvalue weighted by molar-refractivity contribution is 5.22. The largest absolute Gasteiger partial charge is 0.307 e. The normalized spacial score (nSPS) is 26.1. The molecule has 0 aromatic heterocycles. The Labute approximate surface area is 101 Å². The standard InChI is InChI=1S/C14H19F2N/c1-9-3-5-12(7-9)17-10(2)13-8-11(15)4-6-14(13)16/h4,6,8-10,12,17H,3,5,7H2,1-2H3.